The Kier molecular flexibility index (Phi) is 9.56. The second-order valence-corrected chi connectivity index (χ2v) is 11.7. The minimum absolute atomic E-state index is 0.0479. The lowest BCUT2D eigenvalue weighted by atomic mass is 10.00. The molecule has 0 atom stereocenters. The zero-order chi connectivity index (χ0) is 30.6. The Hall–Kier alpha value is -4.32. The first-order valence-corrected chi connectivity index (χ1v) is 14.4. The molecular weight excluding hydrogens is 528 g/mol. The number of hydrogen-bond acceptors (Lipinski definition) is 6. The molecule has 4 rings (SSSR count). The van der Waals surface area contributed by atoms with Gasteiger partial charge in [-0.1, -0.05) is 46.6 Å². The number of allylic oxidation sites excluding steroid dienone is 8. The van der Waals surface area contributed by atoms with Gasteiger partial charge in [-0.15, -0.1) is 0 Å². The lowest BCUT2D eigenvalue weighted by Crippen LogP contribution is -2.06. The molecule has 6 heteroatoms. The minimum atomic E-state index is -0.745. The van der Waals surface area contributed by atoms with E-state index in [9.17, 15) is 19.8 Å². The Morgan fingerprint density at radius 3 is 1.36 bits per heavy atom. The summed E-state index contributed by atoms with van der Waals surface area (Å²) >= 11 is 0. The van der Waals surface area contributed by atoms with Crippen LogP contribution < -0.4 is 11.3 Å². The van der Waals surface area contributed by atoms with Crippen LogP contribution >= 0.6 is 0 Å². The molecule has 0 spiro atoms. The quantitative estimate of drug-likeness (QED) is 0.146. The first-order valence-electron chi connectivity index (χ1n) is 14.4. The van der Waals surface area contributed by atoms with Crippen LogP contribution in [0.2, 0.25) is 0 Å². The van der Waals surface area contributed by atoms with Crippen molar-refractivity contribution in [3.8, 4) is 11.5 Å². The molecule has 6 nitrogen and oxygen atoms in total. The van der Waals surface area contributed by atoms with Crippen LogP contribution in [-0.4, -0.2) is 10.2 Å². The highest BCUT2D eigenvalue weighted by atomic mass is 16.4. The molecule has 0 aliphatic rings. The van der Waals surface area contributed by atoms with Crippen molar-refractivity contribution in [1.29, 1.82) is 0 Å². The molecule has 0 saturated carbocycles. The number of hydrogen-bond donors (Lipinski definition) is 2. The monoisotopic (exact) mass is 568 g/mol. The maximum absolute atomic E-state index is 13.1. The minimum Gasteiger partial charge on any atom is -0.507 e. The van der Waals surface area contributed by atoms with Gasteiger partial charge in [0.15, 0.2) is 11.2 Å². The highest BCUT2D eigenvalue weighted by molar-refractivity contribution is 6.12. The second-order valence-electron chi connectivity index (χ2n) is 11.7. The van der Waals surface area contributed by atoms with Gasteiger partial charge < -0.3 is 19.0 Å². The largest absolute Gasteiger partial charge is 0.507 e. The number of fused-ring (bicyclic) bond motifs is 5. The van der Waals surface area contributed by atoms with Crippen LogP contribution in [0.25, 0.3) is 32.7 Å². The van der Waals surface area contributed by atoms with Gasteiger partial charge in [0, 0.05) is 10.8 Å². The first-order chi connectivity index (χ1) is 19.9. The van der Waals surface area contributed by atoms with Crippen molar-refractivity contribution in [2.24, 2.45) is 0 Å². The van der Waals surface area contributed by atoms with Crippen molar-refractivity contribution in [3.63, 3.8) is 0 Å². The predicted molar refractivity (Wildman–Crippen MR) is 172 cm³/mol. The fourth-order valence-electron chi connectivity index (χ4n) is 5.09. The summed E-state index contributed by atoms with van der Waals surface area (Å²) in [7, 11) is 0. The van der Waals surface area contributed by atoms with Crippen LogP contribution in [0.4, 0.5) is 0 Å². The van der Waals surface area contributed by atoms with E-state index in [2.05, 4.69) is 65.8 Å². The maximum Gasteiger partial charge on any atom is 0.348 e. The van der Waals surface area contributed by atoms with Gasteiger partial charge in [0.05, 0.1) is 0 Å². The van der Waals surface area contributed by atoms with Crippen molar-refractivity contribution < 1.29 is 19.0 Å². The zero-order valence-electron chi connectivity index (χ0n) is 25.4. The molecular formula is C36H40O6. The summed E-state index contributed by atoms with van der Waals surface area (Å²) in [6.45, 7) is 12.4. The standard InChI is InChI=1S/C36H40O6/c1-21(2)9-7-11-23(5)13-15-25-17-27-31(29(37)19-25)35(39)42-34-28-18-26(16-14-24(6)12-8-10-22(3)4)20-30(38)32(28)36(40)41-33(27)34/h9-10,13-14,17-20,37-38H,7-8,11-12,15-16H2,1-6H3. The molecule has 0 saturated heterocycles. The fourth-order valence-corrected chi connectivity index (χ4v) is 5.09. The molecule has 0 aliphatic carbocycles. The van der Waals surface area contributed by atoms with Crippen LogP contribution in [-0.2, 0) is 12.8 Å². The zero-order valence-corrected chi connectivity index (χ0v) is 25.4. The smallest absolute Gasteiger partial charge is 0.348 e. The molecule has 2 aromatic heterocycles. The molecule has 0 radical (unpaired) electrons. The van der Waals surface area contributed by atoms with Crippen molar-refractivity contribution >= 4 is 32.7 Å². The first kappa shape index (κ1) is 30.6. The second kappa shape index (κ2) is 13.1. The SMILES string of the molecule is CC(C)=CCCC(C)=CCc1cc(O)c2c(=O)oc3c4cc(CC=C(C)CCC=C(C)C)cc(O)c4c(=O)oc3c2c1. The van der Waals surface area contributed by atoms with E-state index in [0.717, 1.165) is 36.8 Å². The molecule has 0 fully saturated rings. The number of aromatic hydroxyl groups is 2. The van der Waals surface area contributed by atoms with Crippen molar-refractivity contribution in [3.05, 3.63) is 103 Å². The fraction of sp³-hybridized carbons (Fsp3) is 0.333. The van der Waals surface area contributed by atoms with Crippen molar-refractivity contribution in [2.45, 2.75) is 80.1 Å². The number of benzene rings is 2. The lowest BCUT2D eigenvalue weighted by molar-refractivity contribution is 0.472. The summed E-state index contributed by atoms with van der Waals surface area (Å²) < 4.78 is 11.3. The Morgan fingerprint density at radius 1 is 0.619 bits per heavy atom. The van der Waals surface area contributed by atoms with E-state index in [1.807, 2.05) is 0 Å². The van der Waals surface area contributed by atoms with Gasteiger partial charge in [-0.3, -0.25) is 0 Å². The van der Waals surface area contributed by atoms with E-state index in [-0.39, 0.29) is 33.4 Å². The Labute approximate surface area is 246 Å². The molecule has 0 aliphatic heterocycles. The molecule has 0 bridgehead atoms. The third-order valence-electron chi connectivity index (χ3n) is 7.40. The van der Waals surface area contributed by atoms with Crippen LogP contribution in [0.3, 0.4) is 0 Å². The van der Waals surface area contributed by atoms with E-state index < -0.39 is 11.3 Å². The van der Waals surface area contributed by atoms with Crippen LogP contribution in [0.15, 0.2) is 89.3 Å². The molecule has 2 heterocycles. The van der Waals surface area contributed by atoms with Gasteiger partial charge in [0.1, 0.15) is 22.3 Å². The molecule has 42 heavy (non-hydrogen) atoms. The van der Waals surface area contributed by atoms with Crippen LogP contribution in [0.1, 0.15) is 78.4 Å². The Balaban J connectivity index is 1.80. The van der Waals surface area contributed by atoms with E-state index in [1.165, 1.54) is 22.3 Å². The Morgan fingerprint density at radius 2 is 1.00 bits per heavy atom. The van der Waals surface area contributed by atoms with E-state index in [4.69, 9.17) is 8.83 Å². The molecule has 220 valence electrons. The molecule has 2 aromatic carbocycles. The third-order valence-corrected chi connectivity index (χ3v) is 7.40. The average Bonchev–Trinajstić information content (AvgIpc) is 2.90. The van der Waals surface area contributed by atoms with Gasteiger partial charge in [-0.05, 0) is 115 Å². The van der Waals surface area contributed by atoms with Crippen LogP contribution in [0.5, 0.6) is 11.5 Å². The summed E-state index contributed by atoms with van der Waals surface area (Å²) in [6.07, 6.45) is 13.4. The van der Waals surface area contributed by atoms with E-state index in [1.54, 1.807) is 24.3 Å². The van der Waals surface area contributed by atoms with Gasteiger partial charge in [0.25, 0.3) is 0 Å². The number of phenolic OH excluding ortho intramolecular Hbond substituents is 2. The van der Waals surface area contributed by atoms with Crippen molar-refractivity contribution in [2.75, 3.05) is 0 Å². The molecule has 4 aromatic rings. The maximum atomic E-state index is 13.1. The van der Waals surface area contributed by atoms with Gasteiger partial charge in [-0.2, -0.15) is 0 Å². The van der Waals surface area contributed by atoms with Crippen LogP contribution in [0, 0.1) is 0 Å². The predicted octanol–water partition coefficient (Wildman–Crippen LogP) is 8.93. The van der Waals surface area contributed by atoms with Gasteiger partial charge in [-0.25, -0.2) is 9.59 Å². The summed E-state index contributed by atoms with van der Waals surface area (Å²) in [5.41, 5.74) is 5.16. The third kappa shape index (κ3) is 7.11. The molecule has 0 amide bonds. The van der Waals surface area contributed by atoms with Crippen molar-refractivity contribution in [1.82, 2.24) is 0 Å². The average molecular weight is 569 g/mol. The summed E-state index contributed by atoms with van der Waals surface area (Å²) in [5.74, 6) is -0.469. The normalized spacial score (nSPS) is 12.3. The van der Waals surface area contributed by atoms with E-state index >= 15 is 0 Å². The topological polar surface area (TPSA) is 101 Å². The molecule has 0 unspecified atom stereocenters. The highest BCUT2D eigenvalue weighted by Gasteiger charge is 2.20. The molecule has 2 N–H and O–H groups in total. The number of rotatable bonds is 10. The van der Waals surface area contributed by atoms with E-state index in [0.29, 0.717) is 23.6 Å². The Bertz CT molecular complexity index is 1750. The van der Waals surface area contributed by atoms with Gasteiger partial charge in [0.2, 0.25) is 0 Å². The van der Waals surface area contributed by atoms with Gasteiger partial charge >= 0.3 is 11.3 Å². The summed E-state index contributed by atoms with van der Waals surface area (Å²) in [6, 6.07) is 6.59. The lowest BCUT2D eigenvalue weighted by Gasteiger charge is -2.10. The summed E-state index contributed by atoms with van der Waals surface area (Å²) in [4.78, 5) is 26.2. The number of phenols is 2. The summed E-state index contributed by atoms with van der Waals surface area (Å²) in [5, 5.41) is 22.1. The highest BCUT2D eigenvalue weighted by Crippen LogP contribution is 2.35.